The molecule has 1 fully saturated rings. The normalized spacial score (nSPS) is 26.7. The van der Waals surface area contributed by atoms with Crippen molar-refractivity contribution in [2.45, 2.75) is 25.3 Å². The first-order valence-corrected chi connectivity index (χ1v) is 6.53. The minimum Gasteiger partial charge on any atom is -0.370 e. The number of nitrogens with two attached hydrogens (primary N) is 1. The fourth-order valence-corrected chi connectivity index (χ4v) is 2.62. The molecule has 19 heavy (non-hydrogen) atoms. The van der Waals surface area contributed by atoms with Crippen molar-refractivity contribution in [2.24, 2.45) is 16.6 Å². The van der Waals surface area contributed by atoms with E-state index in [0.29, 0.717) is 24.0 Å². The summed E-state index contributed by atoms with van der Waals surface area (Å²) >= 11 is 0. The van der Waals surface area contributed by atoms with Crippen LogP contribution in [0.1, 0.15) is 25.3 Å². The van der Waals surface area contributed by atoms with Gasteiger partial charge in [0.05, 0.1) is 12.1 Å². The first-order chi connectivity index (χ1) is 8.99. The second-order valence-electron chi connectivity index (χ2n) is 5.66. The lowest BCUT2D eigenvalue weighted by atomic mass is 9.90. The number of nitrogens with zero attached hydrogens (tertiary/aromatic N) is 2. The largest absolute Gasteiger partial charge is 0.370 e. The van der Waals surface area contributed by atoms with E-state index in [2.05, 4.69) is 4.99 Å². The molecule has 1 aromatic rings. The number of hydrogen-bond donors (Lipinski definition) is 1. The van der Waals surface area contributed by atoms with Crippen LogP contribution in [0.4, 0.5) is 8.78 Å². The van der Waals surface area contributed by atoms with E-state index >= 15 is 0 Å². The van der Waals surface area contributed by atoms with Crippen LogP contribution in [0.25, 0.3) is 0 Å². The summed E-state index contributed by atoms with van der Waals surface area (Å²) < 4.78 is 26.8. The molecule has 5 heteroatoms. The summed E-state index contributed by atoms with van der Waals surface area (Å²) in [5, 5.41) is 0. The van der Waals surface area contributed by atoms with Crippen molar-refractivity contribution in [3.8, 4) is 0 Å². The molecular weight excluding hydrogens is 248 g/mol. The molecule has 1 aliphatic carbocycles. The number of hydrogen-bond acceptors (Lipinski definition) is 3. The van der Waals surface area contributed by atoms with Gasteiger partial charge in [0, 0.05) is 12.6 Å². The molecule has 1 saturated carbocycles. The third kappa shape index (κ3) is 2.17. The quantitative estimate of drug-likeness (QED) is 0.910. The summed E-state index contributed by atoms with van der Waals surface area (Å²) in [7, 11) is 0. The van der Waals surface area contributed by atoms with Gasteiger partial charge in [0.1, 0.15) is 11.6 Å². The SMILES string of the molecule is CC1(c2cc(F)cc(F)c2)CN=C(N)N1CC1CC1. The lowest BCUT2D eigenvalue weighted by molar-refractivity contribution is 0.216. The highest BCUT2D eigenvalue weighted by Crippen LogP contribution is 2.38. The molecule has 2 aliphatic rings. The zero-order chi connectivity index (χ0) is 13.6. The van der Waals surface area contributed by atoms with E-state index in [-0.39, 0.29) is 0 Å². The molecule has 0 amide bonds. The predicted molar refractivity (Wildman–Crippen MR) is 69.6 cm³/mol. The van der Waals surface area contributed by atoms with Crippen LogP contribution < -0.4 is 5.73 Å². The molecule has 0 spiro atoms. The maximum atomic E-state index is 13.4. The molecule has 2 N–H and O–H groups in total. The van der Waals surface area contributed by atoms with E-state index in [1.807, 2.05) is 11.8 Å². The highest BCUT2D eigenvalue weighted by Gasteiger charge is 2.42. The number of guanidine groups is 1. The lowest BCUT2D eigenvalue weighted by Crippen LogP contribution is -2.48. The van der Waals surface area contributed by atoms with Crippen molar-refractivity contribution < 1.29 is 8.78 Å². The van der Waals surface area contributed by atoms with Gasteiger partial charge >= 0.3 is 0 Å². The van der Waals surface area contributed by atoms with Crippen LogP contribution in [0.2, 0.25) is 0 Å². The molecule has 1 heterocycles. The van der Waals surface area contributed by atoms with Crippen molar-refractivity contribution in [2.75, 3.05) is 13.1 Å². The Hall–Kier alpha value is -1.65. The maximum absolute atomic E-state index is 13.4. The Labute approximate surface area is 111 Å². The molecule has 3 nitrogen and oxygen atoms in total. The van der Waals surface area contributed by atoms with E-state index < -0.39 is 17.2 Å². The van der Waals surface area contributed by atoms with E-state index in [0.717, 1.165) is 12.6 Å². The fourth-order valence-electron chi connectivity index (χ4n) is 2.62. The third-order valence-corrected chi connectivity index (χ3v) is 4.04. The summed E-state index contributed by atoms with van der Waals surface area (Å²) in [4.78, 5) is 6.25. The van der Waals surface area contributed by atoms with Crippen LogP contribution in [-0.4, -0.2) is 23.9 Å². The lowest BCUT2D eigenvalue weighted by Gasteiger charge is -2.37. The summed E-state index contributed by atoms with van der Waals surface area (Å²) in [6.45, 7) is 3.19. The maximum Gasteiger partial charge on any atom is 0.192 e. The molecule has 1 atom stereocenters. The topological polar surface area (TPSA) is 41.6 Å². The molecule has 0 bridgehead atoms. The smallest absolute Gasteiger partial charge is 0.192 e. The zero-order valence-electron chi connectivity index (χ0n) is 10.9. The molecule has 0 aromatic heterocycles. The zero-order valence-corrected chi connectivity index (χ0v) is 10.9. The first-order valence-electron chi connectivity index (χ1n) is 6.53. The van der Waals surface area contributed by atoms with Crippen molar-refractivity contribution in [1.82, 2.24) is 4.90 Å². The van der Waals surface area contributed by atoms with Gasteiger partial charge in [-0.1, -0.05) is 0 Å². The van der Waals surface area contributed by atoms with Gasteiger partial charge in [0.2, 0.25) is 0 Å². The fraction of sp³-hybridized carbons (Fsp3) is 0.500. The van der Waals surface area contributed by atoms with Gasteiger partial charge in [-0.15, -0.1) is 0 Å². The highest BCUT2D eigenvalue weighted by molar-refractivity contribution is 5.81. The highest BCUT2D eigenvalue weighted by atomic mass is 19.1. The summed E-state index contributed by atoms with van der Waals surface area (Å²) in [6, 6.07) is 3.63. The Kier molecular flexibility index (Phi) is 2.73. The van der Waals surface area contributed by atoms with Gasteiger partial charge in [-0.3, -0.25) is 4.99 Å². The summed E-state index contributed by atoms with van der Waals surface area (Å²) in [6.07, 6.45) is 2.38. The predicted octanol–water partition coefficient (Wildman–Crippen LogP) is 2.22. The Morgan fingerprint density at radius 1 is 1.32 bits per heavy atom. The van der Waals surface area contributed by atoms with E-state index in [1.54, 1.807) is 0 Å². The second kappa shape index (κ2) is 4.18. The van der Waals surface area contributed by atoms with Gasteiger partial charge in [-0.2, -0.15) is 0 Å². The molecule has 1 aromatic carbocycles. The Morgan fingerprint density at radius 2 is 1.95 bits per heavy atom. The Bertz CT molecular complexity index is 519. The average Bonchev–Trinajstić information content (AvgIpc) is 3.10. The van der Waals surface area contributed by atoms with Gasteiger partial charge < -0.3 is 10.6 Å². The molecule has 1 aliphatic heterocycles. The molecule has 1 unspecified atom stereocenters. The van der Waals surface area contributed by atoms with Gasteiger partial charge in [-0.25, -0.2) is 8.78 Å². The average molecular weight is 265 g/mol. The third-order valence-electron chi connectivity index (χ3n) is 4.04. The van der Waals surface area contributed by atoms with E-state index in [4.69, 9.17) is 5.73 Å². The van der Waals surface area contributed by atoms with Crippen molar-refractivity contribution in [3.05, 3.63) is 35.4 Å². The number of aliphatic imine (C=N–C) groups is 1. The van der Waals surface area contributed by atoms with Crippen LogP contribution in [0.5, 0.6) is 0 Å². The van der Waals surface area contributed by atoms with Crippen molar-refractivity contribution in [3.63, 3.8) is 0 Å². The van der Waals surface area contributed by atoms with Crippen molar-refractivity contribution in [1.29, 1.82) is 0 Å². The second-order valence-corrected chi connectivity index (χ2v) is 5.66. The van der Waals surface area contributed by atoms with Crippen LogP contribution in [0.15, 0.2) is 23.2 Å². The molecule has 0 radical (unpaired) electrons. The summed E-state index contributed by atoms with van der Waals surface area (Å²) in [5.74, 6) is -0.0233. The minimum atomic E-state index is -0.562. The van der Waals surface area contributed by atoms with Crippen LogP contribution in [0, 0.1) is 17.6 Å². The Balaban J connectivity index is 1.95. The molecular formula is C14H17F2N3. The van der Waals surface area contributed by atoms with Gasteiger partial charge in [-0.05, 0) is 43.4 Å². The standard InChI is InChI=1S/C14H17F2N3/c1-14(10-4-11(15)6-12(16)5-10)8-18-13(17)19(14)7-9-2-3-9/h4-6,9H,2-3,7-8H2,1H3,(H2,17,18). The van der Waals surface area contributed by atoms with Crippen LogP contribution >= 0.6 is 0 Å². The van der Waals surface area contributed by atoms with E-state index in [9.17, 15) is 8.78 Å². The summed E-state index contributed by atoms with van der Waals surface area (Å²) in [5.41, 5.74) is 5.98. The molecule has 0 saturated heterocycles. The van der Waals surface area contributed by atoms with Crippen LogP contribution in [-0.2, 0) is 5.54 Å². The Morgan fingerprint density at radius 3 is 2.53 bits per heavy atom. The van der Waals surface area contributed by atoms with Crippen LogP contribution in [0.3, 0.4) is 0 Å². The monoisotopic (exact) mass is 265 g/mol. The molecule has 3 rings (SSSR count). The van der Waals surface area contributed by atoms with Crippen molar-refractivity contribution >= 4 is 5.96 Å². The number of halogens is 2. The van der Waals surface area contributed by atoms with E-state index in [1.165, 1.54) is 25.0 Å². The first kappa shape index (κ1) is 12.4. The van der Waals surface area contributed by atoms with Gasteiger partial charge in [0.25, 0.3) is 0 Å². The van der Waals surface area contributed by atoms with Gasteiger partial charge in [0.15, 0.2) is 5.96 Å². The molecule has 102 valence electrons. The minimum absolute atomic E-state index is 0.439. The number of benzene rings is 1. The number of rotatable bonds is 3.